The molecule has 11 heteroatoms. The van der Waals surface area contributed by atoms with Gasteiger partial charge in [0.05, 0.1) is 20.8 Å². The Morgan fingerprint density at radius 3 is 2.46 bits per heavy atom. The Morgan fingerprint density at radius 1 is 0.949 bits per heavy atom. The fourth-order valence-corrected chi connectivity index (χ4v) is 5.56. The maximum Gasteiger partial charge on any atom is 0.273 e. The number of aromatic nitrogens is 1. The number of methoxy groups -OCH3 is 2. The largest absolute Gasteiger partial charge is 0.497 e. The van der Waals surface area contributed by atoms with Gasteiger partial charge in [-0.15, -0.1) is 11.3 Å². The fraction of sp³-hybridized carbons (Fsp3) is 0.393. The highest BCUT2D eigenvalue weighted by molar-refractivity contribution is 7.09. The van der Waals surface area contributed by atoms with Crippen molar-refractivity contribution in [2.75, 3.05) is 47.2 Å². The average molecular weight is 553 g/mol. The number of benzene rings is 2. The van der Waals surface area contributed by atoms with Crippen LogP contribution in [-0.4, -0.2) is 78.7 Å². The van der Waals surface area contributed by atoms with Crippen molar-refractivity contribution in [1.29, 1.82) is 0 Å². The maximum absolute atomic E-state index is 13.1. The van der Waals surface area contributed by atoms with E-state index in [1.54, 1.807) is 30.9 Å². The lowest BCUT2D eigenvalue weighted by atomic mass is 10.1. The van der Waals surface area contributed by atoms with E-state index in [-0.39, 0.29) is 18.6 Å². The van der Waals surface area contributed by atoms with Crippen LogP contribution in [0.3, 0.4) is 0 Å². The summed E-state index contributed by atoms with van der Waals surface area (Å²) in [6.07, 6.45) is 0. The number of carbonyl (C=O) groups excluding carboxylic acids is 2. The molecule has 0 bridgehead atoms. The van der Waals surface area contributed by atoms with Crippen LogP contribution in [0, 0.1) is 0 Å². The highest BCUT2D eigenvalue weighted by Gasteiger charge is 2.25. The third kappa shape index (κ3) is 6.26. The van der Waals surface area contributed by atoms with Gasteiger partial charge in [-0.3, -0.25) is 14.5 Å². The maximum atomic E-state index is 13.1. The number of fused-ring (bicyclic) bond motifs is 1. The van der Waals surface area contributed by atoms with Crippen LogP contribution in [0.5, 0.6) is 23.0 Å². The second-order valence-electron chi connectivity index (χ2n) is 9.44. The molecule has 0 spiro atoms. The minimum Gasteiger partial charge on any atom is -0.497 e. The van der Waals surface area contributed by atoms with E-state index in [1.807, 2.05) is 41.8 Å². The van der Waals surface area contributed by atoms with Crippen molar-refractivity contribution in [2.24, 2.45) is 0 Å². The Labute approximate surface area is 231 Å². The van der Waals surface area contributed by atoms with Gasteiger partial charge in [0.25, 0.3) is 5.91 Å². The number of piperazine rings is 1. The average Bonchev–Trinajstić information content (AvgIpc) is 3.62. The van der Waals surface area contributed by atoms with Gasteiger partial charge in [-0.25, -0.2) is 4.98 Å². The molecule has 0 radical (unpaired) electrons. The zero-order valence-electron chi connectivity index (χ0n) is 22.3. The Kier molecular flexibility index (Phi) is 8.18. The molecule has 206 valence electrons. The van der Waals surface area contributed by atoms with Crippen LogP contribution in [0.4, 0.5) is 0 Å². The molecule has 2 aliphatic rings. The standard InChI is InChI=1S/C28H32N4O6S/c1-19(33)31-8-10-32(11-9-31)28(34)23-17-39-27(29-23)16-30(14-20-4-7-24-26(12-20)38-18-37-24)15-21-5-6-22(35-2)13-25(21)36-3/h4-7,12-13,17H,8-11,14-16,18H2,1-3H3. The van der Waals surface area contributed by atoms with Crippen molar-refractivity contribution >= 4 is 23.2 Å². The number of thiazole rings is 1. The zero-order valence-corrected chi connectivity index (χ0v) is 23.2. The molecular weight excluding hydrogens is 520 g/mol. The quantitative estimate of drug-likeness (QED) is 0.399. The van der Waals surface area contributed by atoms with Gasteiger partial charge >= 0.3 is 0 Å². The number of hydrogen-bond acceptors (Lipinski definition) is 9. The van der Waals surface area contributed by atoms with Crippen LogP contribution in [0.25, 0.3) is 0 Å². The van der Waals surface area contributed by atoms with Crippen LogP contribution >= 0.6 is 11.3 Å². The molecule has 0 unspecified atom stereocenters. The first-order valence-corrected chi connectivity index (χ1v) is 13.6. The second kappa shape index (κ2) is 11.9. The van der Waals surface area contributed by atoms with Crippen LogP contribution in [0.1, 0.15) is 33.5 Å². The summed E-state index contributed by atoms with van der Waals surface area (Å²) in [5, 5.41) is 2.66. The molecule has 2 aliphatic heterocycles. The zero-order chi connectivity index (χ0) is 27.4. The summed E-state index contributed by atoms with van der Waals surface area (Å²) in [4.78, 5) is 35.2. The smallest absolute Gasteiger partial charge is 0.273 e. The summed E-state index contributed by atoms with van der Waals surface area (Å²) in [5.41, 5.74) is 2.52. The van der Waals surface area contributed by atoms with Crippen LogP contribution in [-0.2, 0) is 24.4 Å². The number of nitrogens with zero attached hydrogens (tertiary/aromatic N) is 4. The minimum absolute atomic E-state index is 0.0362. The van der Waals surface area contributed by atoms with Gasteiger partial charge in [0.15, 0.2) is 11.5 Å². The number of hydrogen-bond donors (Lipinski definition) is 0. The molecule has 3 aromatic rings. The number of amides is 2. The van der Waals surface area contributed by atoms with Crippen LogP contribution in [0.15, 0.2) is 41.8 Å². The van der Waals surface area contributed by atoms with E-state index in [1.165, 1.54) is 11.3 Å². The van der Waals surface area contributed by atoms with Crippen molar-refractivity contribution in [3.05, 3.63) is 63.6 Å². The van der Waals surface area contributed by atoms with E-state index >= 15 is 0 Å². The number of ether oxygens (including phenoxy) is 4. The van der Waals surface area contributed by atoms with Gasteiger partial charge in [0, 0.05) is 63.2 Å². The molecule has 39 heavy (non-hydrogen) atoms. The first-order valence-electron chi connectivity index (χ1n) is 12.7. The van der Waals surface area contributed by atoms with E-state index in [9.17, 15) is 9.59 Å². The van der Waals surface area contributed by atoms with Crippen LogP contribution < -0.4 is 18.9 Å². The molecule has 10 nitrogen and oxygen atoms in total. The summed E-state index contributed by atoms with van der Waals surface area (Å²) >= 11 is 1.47. The van der Waals surface area contributed by atoms with E-state index in [0.29, 0.717) is 51.5 Å². The first-order chi connectivity index (χ1) is 18.9. The highest BCUT2D eigenvalue weighted by Crippen LogP contribution is 2.33. The molecule has 0 aliphatic carbocycles. The van der Waals surface area contributed by atoms with Gasteiger partial charge in [-0.05, 0) is 23.8 Å². The molecular formula is C28H32N4O6S. The van der Waals surface area contributed by atoms with E-state index in [2.05, 4.69) is 4.90 Å². The lowest BCUT2D eigenvalue weighted by molar-refractivity contribution is -0.130. The Hall–Kier alpha value is -3.83. The Balaban J connectivity index is 1.33. The summed E-state index contributed by atoms with van der Waals surface area (Å²) in [6.45, 7) is 5.67. The van der Waals surface area contributed by atoms with E-state index in [0.717, 1.165) is 39.1 Å². The van der Waals surface area contributed by atoms with E-state index < -0.39 is 0 Å². The van der Waals surface area contributed by atoms with Gasteiger partial charge in [-0.1, -0.05) is 12.1 Å². The molecule has 1 saturated heterocycles. The molecule has 0 saturated carbocycles. The van der Waals surface area contributed by atoms with Gasteiger partial charge in [-0.2, -0.15) is 0 Å². The van der Waals surface area contributed by atoms with Crippen molar-refractivity contribution < 1.29 is 28.5 Å². The summed E-state index contributed by atoms with van der Waals surface area (Å²) in [7, 11) is 3.28. The predicted octanol–water partition coefficient (Wildman–Crippen LogP) is 3.40. The predicted molar refractivity (Wildman–Crippen MR) is 145 cm³/mol. The summed E-state index contributed by atoms with van der Waals surface area (Å²) in [5.74, 6) is 2.89. The third-order valence-electron chi connectivity index (χ3n) is 6.87. The van der Waals surface area contributed by atoms with Crippen molar-refractivity contribution in [3.8, 4) is 23.0 Å². The summed E-state index contributed by atoms with van der Waals surface area (Å²) in [6, 6.07) is 11.8. The monoisotopic (exact) mass is 552 g/mol. The lowest BCUT2D eigenvalue weighted by Crippen LogP contribution is -2.50. The van der Waals surface area contributed by atoms with Crippen molar-refractivity contribution in [3.63, 3.8) is 0 Å². The molecule has 0 N–H and O–H groups in total. The van der Waals surface area contributed by atoms with Crippen molar-refractivity contribution in [1.82, 2.24) is 19.7 Å². The Bertz CT molecular complexity index is 1340. The third-order valence-corrected chi connectivity index (χ3v) is 7.71. The van der Waals surface area contributed by atoms with Gasteiger partial charge < -0.3 is 28.7 Å². The molecule has 2 aromatic carbocycles. The number of rotatable bonds is 9. The Morgan fingerprint density at radius 2 is 1.72 bits per heavy atom. The van der Waals surface area contributed by atoms with Gasteiger partial charge in [0.1, 0.15) is 22.2 Å². The highest BCUT2D eigenvalue weighted by atomic mass is 32.1. The van der Waals surface area contributed by atoms with Gasteiger partial charge in [0.2, 0.25) is 12.7 Å². The normalized spacial score (nSPS) is 14.6. The molecule has 2 amide bonds. The molecule has 0 atom stereocenters. The van der Waals surface area contributed by atoms with Crippen molar-refractivity contribution in [2.45, 2.75) is 26.6 Å². The van der Waals surface area contributed by atoms with E-state index in [4.69, 9.17) is 23.9 Å². The first kappa shape index (κ1) is 26.8. The van der Waals surface area contributed by atoms with Crippen LogP contribution in [0.2, 0.25) is 0 Å². The number of carbonyl (C=O) groups is 2. The molecule has 1 aromatic heterocycles. The lowest BCUT2D eigenvalue weighted by Gasteiger charge is -2.33. The second-order valence-corrected chi connectivity index (χ2v) is 10.4. The summed E-state index contributed by atoms with van der Waals surface area (Å²) < 4.78 is 22.0. The molecule has 5 rings (SSSR count). The molecule has 1 fully saturated rings. The minimum atomic E-state index is -0.0974. The topological polar surface area (TPSA) is 93.7 Å². The molecule has 3 heterocycles. The SMILES string of the molecule is COc1ccc(CN(Cc2ccc3c(c2)OCO3)Cc2nc(C(=O)N3CCN(C(C)=O)CC3)cs2)c(OC)c1. The fourth-order valence-electron chi connectivity index (χ4n) is 4.75.